The second kappa shape index (κ2) is 10.3. The van der Waals surface area contributed by atoms with Gasteiger partial charge in [0, 0.05) is 72.8 Å². The summed E-state index contributed by atoms with van der Waals surface area (Å²) in [5, 5.41) is 17.2. The quantitative estimate of drug-likeness (QED) is 0.363. The van der Waals surface area contributed by atoms with Crippen LogP contribution in [0.2, 0.25) is 0 Å². The number of aromatic amines is 1. The van der Waals surface area contributed by atoms with Gasteiger partial charge in [-0.25, -0.2) is 4.39 Å². The zero-order valence-electron chi connectivity index (χ0n) is 22.5. The number of carbonyl (C=O) groups excluding carboxylic acids is 1. The second-order valence-electron chi connectivity index (χ2n) is 10.8. The number of rotatable bonds is 6. The number of benzene rings is 2. The number of carbonyl (C=O) groups is 1. The lowest BCUT2D eigenvalue weighted by Gasteiger charge is -2.37. The van der Waals surface area contributed by atoms with E-state index in [9.17, 15) is 9.18 Å². The Hall–Kier alpha value is -3.98. The molecule has 8 nitrogen and oxygen atoms in total. The monoisotopic (exact) mass is 528 g/mol. The summed E-state index contributed by atoms with van der Waals surface area (Å²) < 4.78 is 21.9. The fraction of sp³-hybridized carbons (Fsp3) is 0.367. The highest BCUT2D eigenvalue weighted by molar-refractivity contribution is 6.02. The van der Waals surface area contributed by atoms with Gasteiger partial charge in [0.05, 0.1) is 23.8 Å². The van der Waals surface area contributed by atoms with Crippen molar-refractivity contribution < 1.29 is 13.9 Å². The third-order valence-electron chi connectivity index (χ3n) is 7.71. The van der Waals surface area contributed by atoms with Crippen molar-refractivity contribution in [1.29, 1.82) is 0 Å². The Morgan fingerprint density at radius 1 is 1.23 bits per heavy atom. The first-order valence-electron chi connectivity index (χ1n) is 13.4. The smallest absolute Gasteiger partial charge is 0.251 e. The van der Waals surface area contributed by atoms with Gasteiger partial charge in [-0.2, -0.15) is 10.2 Å². The Labute approximate surface area is 226 Å². The maximum absolute atomic E-state index is 14.7. The van der Waals surface area contributed by atoms with Crippen molar-refractivity contribution >= 4 is 27.7 Å². The van der Waals surface area contributed by atoms with Gasteiger partial charge in [-0.15, -0.1) is 0 Å². The molecule has 6 rings (SSSR count). The summed E-state index contributed by atoms with van der Waals surface area (Å²) in [4.78, 5) is 15.6. The van der Waals surface area contributed by atoms with Crippen LogP contribution in [-0.4, -0.2) is 63.6 Å². The van der Waals surface area contributed by atoms with Gasteiger partial charge in [-0.05, 0) is 55.2 Å². The van der Waals surface area contributed by atoms with Crippen LogP contribution >= 0.6 is 0 Å². The molecule has 1 amide bonds. The molecule has 0 saturated carbocycles. The number of methoxy groups -OCH3 is 1. The number of aromatic nitrogens is 4. The molecule has 2 N–H and O–H groups in total. The van der Waals surface area contributed by atoms with Gasteiger partial charge in [-0.1, -0.05) is 13.0 Å². The molecule has 2 aromatic carbocycles. The van der Waals surface area contributed by atoms with Crippen molar-refractivity contribution in [2.45, 2.75) is 32.2 Å². The highest BCUT2D eigenvalue weighted by Gasteiger charge is 2.29. The SMILES string of the molecule is COC1=CCCC(F)=C1CN1C[C@H](C)C[C@@H](NC(=O)c2ccc3[nH]nc(-c4ccc5nn(C)cc5c4)c3c2)C1. The molecule has 0 radical (unpaired) electrons. The number of nitrogens with one attached hydrogen (secondary N) is 2. The minimum atomic E-state index is -0.119. The fourth-order valence-corrected chi connectivity index (χ4v) is 5.97. The first-order valence-corrected chi connectivity index (χ1v) is 13.4. The number of hydrogen-bond donors (Lipinski definition) is 2. The van der Waals surface area contributed by atoms with Crippen LogP contribution in [0, 0.1) is 5.92 Å². The van der Waals surface area contributed by atoms with E-state index in [1.165, 1.54) is 0 Å². The van der Waals surface area contributed by atoms with Crippen molar-refractivity contribution in [2.75, 3.05) is 26.7 Å². The van der Waals surface area contributed by atoms with Crippen LogP contribution in [0.4, 0.5) is 4.39 Å². The molecule has 0 spiro atoms. The molecule has 0 unspecified atom stereocenters. The van der Waals surface area contributed by atoms with Crippen molar-refractivity contribution in [3.05, 3.63) is 71.4 Å². The van der Waals surface area contributed by atoms with Crippen LogP contribution in [0.15, 0.2) is 65.8 Å². The maximum Gasteiger partial charge on any atom is 0.251 e. The molecule has 1 fully saturated rings. The maximum atomic E-state index is 14.7. The Kier molecular flexibility index (Phi) is 6.68. The average Bonchev–Trinajstić information content (AvgIpc) is 3.51. The molecule has 202 valence electrons. The molecule has 3 heterocycles. The minimum absolute atomic E-state index is 0.0315. The van der Waals surface area contributed by atoms with Gasteiger partial charge in [0.15, 0.2) is 0 Å². The highest BCUT2D eigenvalue weighted by Crippen LogP contribution is 2.31. The van der Waals surface area contributed by atoms with Crippen LogP contribution in [0.25, 0.3) is 33.1 Å². The van der Waals surface area contributed by atoms with E-state index >= 15 is 0 Å². The van der Waals surface area contributed by atoms with E-state index in [1.54, 1.807) is 11.8 Å². The van der Waals surface area contributed by atoms with Crippen molar-refractivity contribution in [2.24, 2.45) is 13.0 Å². The van der Waals surface area contributed by atoms with Gasteiger partial charge >= 0.3 is 0 Å². The molecule has 2 atom stereocenters. The summed E-state index contributed by atoms with van der Waals surface area (Å²) in [6.45, 7) is 4.17. The van der Waals surface area contributed by atoms with Crippen LogP contribution in [0.1, 0.15) is 36.5 Å². The Bertz CT molecular complexity index is 1620. The van der Waals surface area contributed by atoms with Gasteiger partial charge in [0.1, 0.15) is 11.6 Å². The molecular weight excluding hydrogens is 495 g/mol. The van der Waals surface area contributed by atoms with E-state index in [4.69, 9.17) is 4.74 Å². The Balaban J connectivity index is 1.20. The standard InChI is InChI=1S/C30H33FN6O2/c1-18-11-22(16-37(14-18)17-24-25(31)5-4-6-28(24)39-3)32-30(38)20-8-10-27-23(13-20)29(34-33-27)19-7-9-26-21(12-19)15-36(2)35-26/h6-10,12-13,15,18,22H,4-5,11,14,16-17H2,1-3H3,(H,32,38)(H,33,34)/t18-,22-/m1/s1. The van der Waals surface area contributed by atoms with Crippen LogP contribution in [0.5, 0.6) is 0 Å². The first kappa shape index (κ1) is 25.3. The van der Waals surface area contributed by atoms with Gasteiger partial charge in [-0.3, -0.25) is 19.5 Å². The number of allylic oxidation sites excluding steroid dienone is 2. The number of aryl methyl sites for hydroxylation is 1. The van der Waals surface area contributed by atoms with E-state index in [2.05, 4.69) is 38.5 Å². The summed E-state index contributed by atoms with van der Waals surface area (Å²) in [6, 6.07) is 11.7. The van der Waals surface area contributed by atoms with E-state index in [0.29, 0.717) is 48.7 Å². The van der Waals surface area contributed by atoms with Crippen molar-refractivity contribution in [3.8, 4) is 11.3 Å². The number of likely N-dealkylation sites (tertiary alicyclic amines) is 1. The molecular formula is C30H33FN6O2. The molecule has 9 heteroatoms. The topological polar surface area (TPSA) is 88.1 Å². The van der Waals surface area contributed by atoms with Gasteiger partial charge in [0.25, 0.3) is 5.91 Å². The molecule has 2 aromatic heterocycles. The van der Waals surface area contributed by atoms with Crippen LogP contribution in [-0.2, 0) is 11.8 Å². The van der Waals surface area contributed by atoms with E-state index in [1.807, 2.05) is 49.7 Å². The normalized spacial score (nSPS) is 20.5. The third kappa shape index (κ3) is 5.06. The molecule has 1 aliphatic heterocycles. The number of fused-ring (bicyclic) bond motifs is 2. The van der Waals surface area contributed by atoms with E-state index in [-0.39, 0.29) is 17.8 Å². The number of amides is 1. The summed E-state index contributed by atoms with van der Waals surface area (Å²) >= 11 is 0. The third-order valence-corrected chi connectivity index (χ3v) is 7.71. The molecule has 0 bridgehead atoms. The predicted octanol–water partition coefficient (Wildman–Crippen LogP) is 5.10. The van der Waals surface area contributed by atoms with Gasteiger partial charge in [0.2, 0.25) is 0 Å². The molecule has 4 aromatic rings. The van der Waals surface area contributed by atoms with Crippen LogP contribution in [0.3, 0.4) is 0 Å². The van der Waals surface area contributed by atoms with Gasteiger partial charge < -0.3 is 10.1 Å². The molecule has 39 heavy (non-hydrogen) atoms. The predicted molar refractivity (Wildman–Crippen MR) is 150 cm³/mol. The second-order valence-corrected chi connectivity index (χ2v) is 10.8. The van der Waals surface area contributed by atoms with E-state index < -0.39 is 0 Å². The van der Waals surface area contributed by atoms with E-state index in [0.717, 1.165) is 46.0 Å². The summed E-state index contributed by atoms with van der Waals surface area (Å²) in [5.74, 6) is 0.785. The number of ether oxygens (including phenoxy) is 1. The Morgan fingerprint density at radius 2 is 2.10 bits per heavy atom. The lowest BCUT2D eigenvalue weighted by molar-refractivity contribution is 0.0882. The summed E-state index contributed by atoms with van der Waals surface area (Å²) in [5.41, 5.74) is 4.77. The van der Waals surface area contributed by atoms with Crippen molar-refractivity contribution in [1.82, 2.24) is 30.2 Å². The summed E-state index contributed by atoms with van der Waals surface area (Å²) in [7, 11) is 3.49. The number of halogens is 1. The molecule has 1 saturated heterocycles. The zero-order chi connectivity index (χ0) is 27.1. The minimum Gasteiger partial charge on any atom is -0.497 e. The van der Waals surface area contributed by atoms with Crippen molar-refractivity contribution in [3.63, 3.8) is 0 Å². The zero-order valence-corrected chi connectivity index (χ0v) is 22.5. The number of H-pyrrole nitrogens is 1. The number of hydrogen-bond acceptors (Lipinski definition) is 5. The Morgan fingerprint density at radius 3 is 2.95 bits per heavy atom. The van der Waals surface area contributed by atoms with Crippen LogP contribution < -0.4 is 5.32 Å². The number of nitrogens with zero attached hydrogens (tertiary/aromatic N) is 4. The largest absolute Gasteiger partial charge is 0.497 e. The fourth-order valence-electron chi connectivity index (χ4n) is 5.97. The molecule has 2 aliphatic rings. The molecule has 1 aliphatic carbocycles. The lowest BCUT2D eigenvalue weighted by Crippen LogP contribution is -2.50. The highest BCUT2D eigenvalue weighted by atomic mass is 19.1. The lowest BCUT2D eigenvalue weighted by atomic mass is 9.94. The summed E-state index contributed by atoms with van der Waals surface area (Å²) in [6.07, 6.45) is 5.89. The number of piperidine rings is 1. The average molecular weight is 529 g/mol. The first-order chi connectivity index (χ1) is 18.9.